The fraction of sp³-hybridized carbons (Fsp3) is 0.0488. The summed E-state index contributed by atoms with van der Waals surface area (Å²) in [4.78, 5) is 9.23. The Morgan fingerprint density at radius 3 is 2.02 bits per heavy atom. The average Bonchev–Trinajstić information content (AvgIpc) is 3.38. The fourth-order valence-electron chi connectivity index (χ4n) is 7.39. The maximum atomic E-state index is 16.5. The van der Waals surface area contributed by atoms with Gasteiger partial charge in [-0.2, -0.15) is 0 Å². The zero-order valence-electron chi connectivity index (χ0n) is 24.4. The zero-order valence-corrected chi connectivity index (χ0v) is 24.4. The van der Waals surface area contributed by atoms with Gasteiger partial charge in [-0.3, -0.25) is 4.98 Å². The molecule has 3 nitrogen and oxygen atoms in total. The number of rotatable bonds is 3. The zero-order chi connectivity index (χ0) is 29.9. The van der Waals surface area contributed by atoms with Gasteiger partial charge in [-0.1, -0.05) is 97.1 Å². The number of hydrogen-bond acceptors (Lipinski definition) is 3. The first-order chi connectivity index (χ1) is 22.3. The minimum absolute atomic E-state index is 0.0642. The summed E-state index contributed by atoms with van der Waals surface area (Å²) < 4.78 is 16.5. The SMILES string of the molecule is Fc1cc(-c2ccccc2)ccc1N1c2ccccc2C2c3cc4ccccc4cc3N(c3ccccc3)c3ccncc3C21. The van der Waals surface area contributed by atoms with Crippen molar-refractivity contribution in [3.05, 3.63) is 180 Å². The van der Waals surface area contributed by atoms with E-state index >= 15 is 4.39 Å². The Balaban J connectivity index is 1.34. The van der Waals surface area contributed by atoms with Gasteiger partial charge in [0.05, 0.1) is 23.1 Å². The molecule has 4 heteroatoms. The summed E-state index contributed by atoms with van der Waals surface area (Å²) in [7, 11) is 0. The van der Waals surface area contributed by atoms with Crippen LogP contribution in [0.4, 0.5) is 32.8 Å². The van der Waals surface area contributed by atoms with Gasteiger partial charge in [0.25, 0.3) is 0 Å². The lowest BCUT2D eigenvalue weighted by Gasteiger charge is -2.32. The molecule has 0 saturated carbocycles. The van der Waals surface area contributed by atoms with E-state index in [-0.39, 0.29) is 17.8 Å². The molecule has 0 N–H and O–H groups in total. The lowest BCUT2D eigenvalue weighted by atomic mass is 9.84. The molecule has 2 unspecified atom stereocenters. The summed E-state index contributed by atoms with van der Waals surface area (Å²) in [5, 5.41) is 2.36. The number of hydrogen-bond donors (Lipinski definition) is 0. The predicted molar refractivity (Wildman–Crippen MR) is 181 cm³/mol. The number of anilines is 5. The van der Waals surface area contributed by atoms with Crippen LogP contribution >= 0.6 is 0 Å². The third-order valence-electron chi connectivity index (χ3n) is 9.31. The van der Waals surface area contributed by atoms with Gasteiger partial charge in [0, 0.05) is 35.2 Å². The Morgan fingerprint density at radius 2 is 1.22 bits per heavy atom. The molecule has 0 aliphatic carbocycles. The molecular formula is C41H28FN3. The summed E-state index contributed by atoms with van der Waals surface area (Å²) in [5.41, 5.74) is 10.1. The molecule has 2 aliphatic heterocycles. The molecule has 2 aliphatic rings. The van der Waals surface area contributed by atoms with Crippen LogP contribution in [0.25, 0.3) is 21.9 Å². The number of nitrogens with zero attached hydrogens (tertiary/aromatic N) is 3. The van der Waals surface area contributed by atoms with Crippen LogP contribution in [0.5, 0.6) is 0 Å². The second-order valence-electron chi connectivity index (χ2n) is 11.7. The van der Waals surface area contributed by atoms with E-state index in [1.807, 2.05) is 60.9 Å². The highest BCUT2D eigenvalue weighted by atomic mass is 19.1. The topological polar surface area (TPSA) is 19.4 Å². The van der Waals surface area contributed by atoms with Crippen molar-refractivity contribution in [2.24, 2.45) is 0 Å². The molecule has 0 amide bonds. The maximum absolute atomic E-state index is 16.5. The smallest absolute Gasteiger partial charge is 0.147 e. The molecule has 1 aromatic heterocycles. The van der Waals surface area contributed by atoms with Gasteiger partial charge in [-0.05, 0) is 81.6 Å². The van der Waals surface area contributed by atoms with Crippen LogP contribution in [0.15, 0.2) is 158 Å². The number of para-hydroxylation sites is 2. The van der Waals surface area contributed by atoms with E-state index < -0.39 is 0 Å². The van der Waals surface area contributed by atoms with Crippen molar-refractivity contribution in [1.29, 1.82) is 0 Å². The largest absolute Gasteiger partial charge is 0.330 e. The summed E-state index contributed by atoms with van der Waals surface area (Å²) in [6, 6.07) is 49.6. The Morgan fingerprint density at radius 1 is 0.511 bits per heavy atom. The molecular weight excluding hydrogens is 553 g/mol. The van der Waals surface area contributed by atoms with Crippen LogP contribution in [-0.4, -0.2) is 4.98 Å². The third kappa shape index (κ3) is 3.99. The van der Waals surface area contributed by atoms with Gasteiger partial charge in [-0.25, -0.2) is 4.39 Å². The van der Waals surface area contributed by atoms with Crippen LogP contribution in [0.1, 0.15) is 28.7 Å². The summed E-state index contributed by atoms with van der Waals surface area (Å²) in [6.45, 7) is 0. The standard InChI is InChI=1S/C41H28FN3/c42-35-24-30(27-11-3-1-4-12-27)19-20-38(35)45-36-18-10-9-17-32(36)40-33-23-28-13-7-8-14-29(28)25-39(33)44(31-15-5-2-6-16-31)37-21-22-43-26-34(37)41(40)45/h1-26,40-41H. The van der Waals surface area contributed by atoms with E-state index in [2.05, 4.69) is 106 Å². The Bertz CT molecular complexity index is 2210. The highest BCUT2D eigenvalue weighted by molar-refractivity contribution is 5.94. The van der Waals surface area contributed by atoms with E-state index in [9.17, 15) is 0 Å². The van der Waals surface area contributed by atoms with Gasteiger partial charge in [0.2, 0.25) is 0 Å². The molecule has 3 heterocycles. The minimum Gasteiger partial charge on any atom is -0.330 e. The van der Waals surface area contributed by atoms with E-state index in [0.717, 1.165) is 39.4 Å². The van der Waals surface area contributed by atoms with Crippen LogP contribution < -0.4 is 9.80 Å². The van der Waals surface area contributed by atoms with Gasteiger partial charge < -0.3 is 9.80 Å². The van der Waals surface area contributed by atoms with Crippen molar-refractivity contribution < 1.29 is 4.39 Å². The summed E-state index contributed by atoms with van der Waals surface area (Å²) in [5.74, 6) is -0.314. The van der Waals surface area contributed by atoms with Crippen molar-refractivity contribution in [3.8, 4) is 11.1 Å². The predicted octanol–water partition coefficient (Wildman–Crippen LogP) is 10.8. The molecule has 2 atom stereocenters. The average molecular weight is 582 g/mol. The third-order valence-corrected chi connectivity index (χ3v) is 9.31. The van der Waals surface area contributed by atoms with Crippen molar-refractivity contribution in [3.63, 3.8) is 0 Å². The first-order valence-corrected chi connectivity index (χ1v) is 15.3. The quantitative estimate of drug-likeness (QED) is 0.207. The Labute approximate surface area is 261 Å². The Kier molecular flexibility index (Phi) is 5.82. The Hall–Kier alpha value is -5.74. The van der Waals surface area contributed by atoms with Gasteiger partial charge in [0.15, 0.2) is 0 Å². The van der Waals surface area contributed by atoms with Gasteiger partial charge in [-0.15, -0.1) is 0 Å². The maximum Gasteiger partial charge on any atom is 0.147 e. The number of fused-ring (bicyclic) bond motifs is 8. The van der Waals surface area contributed by atoms with Gasteiger partial charge >= 0.3 is 0 Å². The van der Waals surface area contributed by atoms with Crippen LogP contribution in [0, 0.1) is 5.82 Å². The lowest BCUT2D eigenvalue weighted by molar-refractivity contribution is 0.605. The second-order valence-corrected chi connectivity index (χ2v) is 11.7. The molecule has 0 saturated heterocycles. The first-order valence-electron chi connectivity index (χ1n) is 15.3. The van der Waals surface area contributed by atoms with E-state index in [4.69, 9.17) is 0 Å². The van der Waals surface area contributed by atoms with E-state index in [1.165, 1.54) is 21.9 Å². The van der Waals surface area contributed by atoms with E-state index in [0.29, 0.717) is 5.69 Å². The lowest BCUT2D eigenvalue weighted by Crippen LogP contribution is -2.24. The van der Waals surface area contributed by atoms with Crippen molar-refractivity contribution in [1.82, 2.24) is 4.98 Å². The highest BCUT2D eigenvalue weighted by Crippen LogP contribution is 2.61. The normalized spacial score (nSPS) is 16.5. The summed E-state index contributed by atoms with van der Waals surface area (Å²) in [6.07, 6.45) is 3.83. The molecule has 0 spiro atoms. The monoisotopic (exact) mass is 581 g/mol. The van der Waals surface area contributed by atoms with Crippen LogP contribution in [-0.2, 0) is 0 Å². The highest BCUT2D eigenvalue weighted by Gasteiger charge is 2.46. The molecule has 214 valence electrons. The first kappa shape index (κ1) is 25.7. The number of halogens is 1. The van der Waals surface area contributed by atoms with Crippen molar-refractivity contribution >= 4 is 39.2 Å². The van der Waals surface area contributed by atoms with Crippen molar-refractivity contribution in [2.75, 3.05) is 9.80 Å². The van der Waals surface area contributed by atoms with Gasteiger partial charge in [0.1, 0.15) is 5.82 Å². The molecule has 0 fully saturated rings. The molecule has 7 aromatic rings. The van der Waals surface area contributed by atoms with Crippen LogP contribution in [0.2, 0.25) is 0 Å². The number of pyridine rings is 1. The second kappa shape index (κ2) is 10.2. The molecule has 0 bridgehead atoms. The summed E-state index contributed by atoms with van der Waals surface area (Å²) >= 11 is 0. The minimum atomic E-state index is -0.250. The molecule has 6 aromatic carbocycles. The van der Waals surface area contributed by atoms with Crippen LogP contribution in [0.3, 0.4) is 0 Å². The fourth-order valence-corrected chi connectivity index (χ4v) is 7.39. The number of aromatic nitrogens is 1. The molecule has 9 rings (SSSR count). The molecule has 45 heavy (non-hydrogen) atoms. The molecule has 0 radical (unpaired) electrons. The number of benzene rings is 6. The van der Waals surface area contributed by atoms with E-state index in [1.54, 1.807) is 6.07 Å². The van der Waals surface area contributed by atoms with Crippen molar-refractivity contribution in [2.45, 2.75) is 12.0 Å².